The van der Waals surface area contributed by atoms with Crippen LogP contribution in [0.4, 0.5) is 34.1 Å². The fourth-order valence-electron chi connectivity index (χ4n) is 10.4. The molecule has 0 amide bonds. The fraction of sp³-hybridized carbons (Fsp3) is 0.214. The van der Waals surface area contributed by atoms with E-state index in [0.717, 1.165) is 0 Å². The Morgan fingerprint density at radius 1 is 0.322 bits per heavy atom. The summed E-state index contributed by atoms with van der Waals surface area (Å²) in [5, 5.41) is 7.72. The first-order valence-corrected chi connectivity index (χ1v) is 22.8. The summed E-state index contributed by atoms with van der Waals surface area (Å²) < 4.78 is 2.68. The van der Waals surface area contributed by atoms with Gasteiger partial charge in [-0.1, -0.05) is 148 Å². The molecule has 11 rings (SSSR count). The van der Waals surface area contributed by atoms with Crippen molar-refractivity contribution in [1.29, 1.82) is 0 Å². The predicted molar refractivity (Wildman–Crippen MR) is 255 cm³/mol. The van der Waals surface area contributed by atoms with Crippen molar-refractivity contribution < 1.29 is 0 Å². The molecular formula is C56H50N2S. The zero-order valence-electron chi connectivity index (χ0n) is 33.7. The molecule has 1 heterocycles. The molecule has 2 aliphatic carbocycles. The average Bonchev–Trinajstić information content (AvgIpc) is 3.70. The Morgan fingerprint density at radius 2 is 0.661 bits per heavy atom. The third-order valence-electron chi connectivity index (χ3n) is 13.4. The first kappa shape index (κ1) is 36.2. The Balaban J connectivity index is 1.13. The van der Waals surface area contributed by atoms with Gasteiger partial charge in [-0.05, 0) is 109 Å². The number of rotatable bonds is 8. The lowest BCUT2D eigenvalue weighted by molar-refractivity contribution is 0.443. The second-order valence-electron chi connectivity index (χ2n) is 16.9. The second-order valence-corrected chi connectivity index (χ2v) is 18.0. The Labute approximate surface area is 352 Å². The maximum atomic E-state index is 2.49. The van der Waals surface area contributed by atoms with Crippen molar-refractivity contribution in [3.8, 4) is 0 Å². The number of para-hydroxylation sites is 2. The summed E-state index contributed by atoms with van der Waals surface area (Å²) in [5.41, 5.74) is 10.1. The molecule has 0 unspecified atom stereocenters. The van der Waals surface area contributed by atoms with Crippen LogP contribution in [0.2, 0.25) is 0 Å². The maximum Gasteiger partial charge on any atom is 0.0547 e. The SMILES string of the molecule is c1ccc(N(c2ccc(C3CCCCC3)cc2)c2cc3c4cc(N(c5ccccc5)c5ccc(C6CCCCC6)cc5)c5ccccc5c4sc3c3ccccc23)cc1. The third-order valence-corrected chi connectivity index (χ3v) is 14.7. The van der Waals surface area contributed by atoms with Crippen molar-refractivity contribution in [1.82, 2.24) is 0 Å². The van der Waals surface area contributed by atoms with E-state index in [4.69, 9.17) is 0 Å². The van der Waals surface area contributed by atoms with Crippen LogP contribution >= 0.6 is 11.3 Å². The van der Waals surface area contributed by atoms with E-state index >= 15 is 0 Å². The van der Waals surface area contributed by atoms with E-state index in [1.54, 1.807) is 0 Å². The number of hydrogen-bond acceptors (Lipinski definition) is 3. The monoisotopic (exact) mass is 782 g/mol. The Hall–Kier alpha value is -5.90. The molecule has 8 aromatic carbocycles. The van der Waals surface area contributed by atoms with E-state index in [2.05, 4.69) is 180 Å². The van der Waals surface area contributed by atoms with Gasteiger partial charge in [-0.3, -0.25) is 0 Å². The average molecular weight is 783 g/mol. The van der Waals surface area contributed by atoms with Crippen LogP contribution in [0, 0.1) is 0 Å². The van der Waals surface area contributed by atoms with E-state index in [-0.39, 0.29) is 0 Å². The van der Waals surface area contributed by atoms with Gasteiger partial charge in [0.1, 0.15) is 0 Å². The molecule has 0 saturated heterocycles. The maximum absolute atomic E-state index is 2.49. The van der Waals surface area contributed by atoms with Crippen LogP contribution in [0.25, 0.3) is 41.7 Å². The molecule has 0 aliphatic heterocycles. The zero-order valence-corrected chi connectivity index (χ0v) is 34.5. The summed E-state index contributed by atoms with van der Waals surface area (Å²) >= 11 is 1.94. The van der Waals surface area contributed by atoms with E-state index in [1.165, 1.54) is 151 Å². The number of nitrogens with zero attached hydrogens (tertiary/aromatic N) is 2. The second kappa shape index (κ2) is 15.7. The van der Waals surface area contributed by atoms with Crippen LogP contribution in [0.1, 0.15) is 87.2 Å². The lowest BCUT2D eigenvalue weighted by Crippen LogP contribution is -2.11. The van der Waals surface area contributed by atoms with Crippen molar-refractivity contribution in [3.05, 3.63) is 181 Å². The zero-order chi connectivity index (χ0) is 39.1. The number of benzene rings is 8. The van der Waals surface area contributed by atoms with E-state index in [1.807, 2.05) is 11.3 Å². The number of thiophene rings is 1. The van der Waals surface area contributed by atoms with E-state index in [0.29, 0.717) is 11.8 Å². The normalized spacial score (nSPS) is 15.3. The van der Waals surface area contributed by atoms with Gasteiger partial charge in [-0.25, -0.2) is 0 Å². The highest BCUT2D eigenvalue weighted by atomic mass is 32.1. The highest BCUT2D eigenvalue weighted by Crippen LogP contribution is 2.51. The fourth-order valence-corrected chi connectivity index (χ4v) is 11.8. The van der Waals surface area contributed by atoms with Crippen LogP contribution in [0.3, 0.4) is 0 Å². The minimum Gasteiger partial charge on any atom is -0.310 e. The number of fused-ring (bicyclic) bond motifs is 7. The van der Waals surface area contributed by atoms with Crippen LogP contribution in [0.15, 0.2) is 170 Å². The standard InChI is InChI=1S/C56H50N2S/c1-5-17-39(18-6-1)41-29-33-45(34-30-41)57(43-21-9-3-10-22-43)53-37-51-52-38-54(48-26-14-16-28-50(48)56(52)59-55(51)49-27-15-13-25-47(49)53)58(44-23-11-4-12-24-44)46-35-31-42(32-36-46)40-19-7-2-8-20-40/h3-4,9-16,21-40H,1-2,5-8,17-20H2. The molecule has 0 radical (unpaired) electrons. The highest BCUT2D eigenvalue weighted by Gasteiger charge is 2.24. The van der Waals surface area contributed by atoms with E-state index in [9.17, 15) is 0 Å². The topological polar surface area (TPSA) is 6.48 Å². The summed E-state index contributed by atoms with van der Waals surface area (Å²) in [6.45, 7) is 0. The molecule has 1 aromatic heterocycles. The van der Waals surface area contributed by atoms with Gasteiger partial charge in [0.25, 0.3) is 0 Å². The molecule has 2 aliphatic rings. The highest BCUT2D eigenvalue weighted by molar-refractivity contribution is 7.27. The van der Waals surface area contributed by atoms with Crippen LogP contribution in [-0.4, -0.2) is 0 Å². The lowest BCUT2D eigenvalue weighted by atomic mass is 9.84. The first-order chi connectivity index (χ1) is 29.3. The van der Waals surface area contributed by atoms with Gasteiger partial charge < -0.3 is 9.80 Å². The lowest BCUT2D eigenvalue weighted by Gasteiger charge is -2.29. The summed E-state index contributed by atoms with van der Waals surface area (Å²) in [5.74, 6) is 1.35. The van der Waals surface area contributed by atoms with Gasteiger partial charge in [0.05, 0.1) is 11.4 Å². The molecule has 9 aromatic rings. The summed E-state index contributed by atoms with van der Waals surface area (Å²) in [4.78, 5) is 4.98. The van der Waals surface area contributed by atoms with Gasteiger partial charge in [0.2, 0.25) is 0 Å². The van der Waals surface area contributed by atoms with Crippen molar-refractivity contribution >= 4 is 87.2 Å². The summed E-state index contributed by atoms with van der Waals surface area (Å²) in [6, 6.07) is 64.1. The Bertz CT molecular complexity index is 2680. The number of hydrogen-bond donors (Lipinski definition) is 0. The summed E-state index contributed by atoms with van der Waals surface area (Å²) in [6.07, 6.45) is 13.3. The molecule has 59 heavy (non-hydrogen) atoms. The minimum atomic E-state index is 0.673. The molecule has 0 N–H and O–H groups in total. The van der Waals surface area contributed by atoms with Crippen LogP contribution in [0.5, 0.6) is 0 Å². The Kier molecular flexibility index (Phi) is 9.63. The molecule has 3 heteroatoms. The minimum absolute atomic E-state index is 0.673. The van der Waals surface area contributed by atoms with Gasteiger partial charge in [-0.15, -0.1) is 11.3 Å². The van der Waals surface area contributed by atoms with Crippen LogP contribution < -0.4 is 9.80 Å². The van der Waals surface area contributed by atoms with Crippen molar-refractivity contribution in [2.24, 2.45) is 0 Å². The van der Waals surface area contributed by atoms with E-state index < -0.39 is 0 Å². The van der Waals surface area contributed by atoms with Crippen molar-refractivity contribution in [2.75, 3.05) is 9.80 Å². The van der Waals surface area contributed by atoms with Gasteiger partial charge >= 0.3 is 0 Å². The molecule has 0 atom stereocenters. The van der Waals surface area contributed by atoms with Gasteiger partial charge in [0.15, 0.2) is 0 Å². The first-order valence-electron chi connectivity index (χ1n) is 22.0. The predicted octanol–water partition coefficient (Wildman–Crippen LogP) is 17.4. The van der Waals surface area contributed by atoms with Crippen molar-refractivity contribution in [2.45, 2.75) is 76.0 Å². The molecule has 2 saturated carbocycles. The molecule has 0 spiro atoms. The van der Waals surface area contributed by atoms with Gasteiger partial charge in [0, 0.05) is 64.5 Å². The Morgan fingerprint density at radius 3 is 1.05 bits per heavy atom. The largest absolute Gasteiger partial charge is 0.310 e. The molecule has 290 valence electrons. The smallest absolute Gasteiger partial charge is 0.0547 e. The number of anilines is 6. The van der Waals surface area contributed by atoms with Crippen LogP contribution in [-0.2, 0) is 0 Å². The molecule has 2 nitrogen and oxygen atoms in total. The molecular weight excluding hydrogens is 733 g/mol. The third kappa shape index (κ3) is 6.66. The summed E-state index contributed by atoms with van der Waals surface area (Å²) in [7, 11) is 0. The van der Waals surface area contributed by atoms with Gasteiger partial charge in [-0.2, -0.15) is 0 Å². The quantitative estimate of drug-likeness (QED) is 0.151. The molecule has 2 fully saturated rings. The molecule has 0 bridgehead atoms. The van der Waals surface area contributed by atoms with Crippen molar-refractivity contribution in [3.63, 3.8) is 0 Å².